The Hall–Kier alpha value is -4.73. The fraction of sp³-hybridized carbons (Fsp3) is 0.167. The Kier molecular flexibility index (Phi) is 14.2. The number of nitrogens with two attached hydrogens (primary N) is 1. The number of hydrogen-bond acceptors (Lipinski definition) is 9. The molecule has 0 unspecified atom stereocenters. The van der Waals surface area contributed by atoms with Crippen LogP contribution in [0.1, 0.15) is 22.5 Å². The molecular formula is C36H37Cl3N6O6S2. The van der Waals surface area contributed by atoms with Gasteiger partial charge in [0.05, 0.1) is 66.8 Å². The highest BCUT2D eigenvalue weighted by molar-refractivity contribution is 8.13. The minimum atomic E-state index is -3.57. The van der Waals surface area contributed by atoms with Crippen molar-refractivity contribution >= 4 is 64.3 Å². The number of sulfonamides is 1. The van der Waals surface area contributed by atoms with Crippen molar-refractivity contribution < 1.29 is 26.3 Å². The van der Waals surface area contributed by atoms with Gasteiger partial charge < -0.3 is 24.3 Å². The molecule has 6 aromatic rings. The number of methoxy groups -OCH3 is 2. The molecule has 0 amide bonds. The van der Waals surface area contributed by atoms with Crippen molar-refractivity contribution in [3.63, 3.8) is 0 Å². The van der Waals surface area contributed by atoms with Crippen molar-refractivity contribution in [3.05, 3.63) is 143 Å². The van der Waals surface area contributed by atoms with Crippen LogP contribution in [0.4, 0.5) is 11.4 Å². The van der Waals surface area contributed by atoms with Gasteiger partial charge in [-0.15, -0.1) is 0 Å². The lowest BCUT2D eigenvalue weighted by molar-refractivity contribution is 0.413. The van der Waals surface area contributed by atoms with Crippen LogP contribution in [-0.4, -0.2) is 50.2 Å². The summed E-state index contributed by atoms with van der Waals surface area (Å²) in [5.74, 6) is 0.974. The van der Waals surface area contributed by atoms with Gasteiger partial charge in [0, 0.05) is 50.9 Å². The topological polar surface area (TPSA) is 160 Å². The van der Waals surface area contributed by atoms with Crippen LogP contribution >= 0.6 is 33.9 Å². The number of hydrogen-bond donors (Lipinski definition) is 2. The lowest BCUT2D eigenvalue weighted by Crippen LogP contribution is -2.15. The number of nitrogens with zero attached hydrogens (tertiary/aromatic N) is 4. The van der Waals surface area contributed by atoms with E-state index < -0.39 is 19.1 Å². The monoisotopic (exact) mass is 818 g/mol. The van der Waals surface area contributed by atoms with Gasteiger partial charge in [-0.05, 0) is 73.5 Å². The number of aryl methyl sites for hydroxylation is 2. The number of rotatable bonds is 10. The average Bonchev–Trinajstić information content (AvgIpc) is 3.74. The Morgan fingerprint density at radius 1 is 0.679 bits per heavy atom. The molecule has 6 rings (SSSR count). The van der Waals surface area contributed by atoms with Gasteiger partial charge in [0.1, 0.15) is 11.5 Å². The van der Waals surface area contributed by atoms with Crippen molar-refractivity contribution in [3.8, 4) is 22.9 Å². The summed E-state index contributed by atoms with van der Waals surface area (Å²) >= 11 is 11.4. The highest BCUT2D eigenvalue weighted by Gasteiger charge is 2.14. The second kappa shape index (κ2) is 18.3. The van der Waals surface area contributed by atoms with Gasteiger partial charge in [0.15, 0.2) is 0 Å². The molecule has 0 radical (unpaired) electrons. The molecule has 12 nitrogen and oxygen atoms in total. The Labute approximate surface area is 323 Å². The highest BCUT2D eigenvalue weighted by atomic mass is 35.7. The van der Waals surface area contributed by atoms with Gasteiger partial charge in [-0.25, -0.2) is 26.8 Å². The van der Waals surface area contributed by atoms with Crippen LogP contribution < -0.4 is 19.9 Å². The SMILES string of the molecule is COc1cc(N)ccc1-n1cnc(C)c1.COc1cc(NS(=O)(=O)Cc2ccc(Cl)cc2)ccc1-n1cnc(C)c1.O=S(=O)(Cl)Cc1ccc(Cl)cc1. The number of imidazole rings is 2. The van der Waals surface area contributed by atoms with Crippen LogP contribution in [0, 0.1) is 13.8 Å². The lowest BCUT2D eigenvalue weighted by atomic mass is 10.2. The van der Waals surface area contributed by atoms with Crippen molar-refractivity contribution in [1.29, 1.82) is 0 Å². The number of benzene rings is 4. The lowest BCUT2D eigenvalue weighted by Gasteiger charge is -2.13. The molecule has 0 aliphatic rings. The largest absolute Gasteiger partial charge is 0.494 e. The maximum absolute atomic E-state index is 12.4. The predicted molar refractivity (Wildman–Crippen MR) is 212 cm³/mol. The first-order valence-corrected chi connectivity index (χ1v) is 20.5. The maximum atomic E-state index is 12.4. The van der Waals surface area contributed by atoms with Crippen LogP contribution in [0.2, 0.25) is 10.0 Å². The average molecular weight is 820 g/mol. The van der Waals surface area contributed by atoms with E-state index in [1.165, 1.54) is 7.11 Å². The van der Waals surface area contributed by atoms with Gasteiger partial charge in [-0.1, -0.05) is 47.5 Å². The molecule has 0 saturated carbocycles. The Morgan fingerprint density at radius 3 is 1.57 bits per heavy atom. The van der Waals surface area contributed by atoms with Crippen LogP contribution in [0.5, 0.6) is 11.5 Å². The summed E-state index contributed by atoms with van der Waals surface area (Å²) in [7, 11) is 1.18. The van der Waals surface area contributed by atoms with Gasteiger partial charge in [-0.3, -0.25) is 4.72 Å². The summed E-state index contributed by atoms with van der Waals surface area (Å²) in [6, 6.07) is 23.9. The Bertz CT molecular complexity index is 2350. The van der Waals surface area contributed by atoms with Crippen molar-refractivity contribution in [2.45, 2.75) is 25.4 Å². The third kappa shape index (κ3) is 13.0. The van der Waals surface area contributed by atoms with Gasteiger partial charge in [0.25, 0.3) is 0 Å². The third-order valence-electron chi connectivity index (χ3n) is 7.16. The van der Waals surface area contributed by atoms with E-state index in [9.17, 15) is 16.8 Å². The number of anilines is 2. The first kappa shape index (κ1) is 41.0. The summed E-state index contributed by atoms with van der Waals surface area (Å²) < 4.78 is 63.0. The molecule has 0 bridgehead atoms. The molecule has 53 heavy (non-hydrogen) atoms. The highest BCUT2D eigenvalue weighted by Crippen LogP contribution is 2.28. The smallest absolute Gasteiger partial charge is 0.236 e. The summed E-state index contributed by atoms with van der Waals surface area (Å²) in [6.45, 7) is 3.84. The first-order chi connectivity index (χ1) is 25.0. The van der Waals surface area contributed by atoms with Crippen LogP contribution in [0.25, 0.3) is 11.4 Å². The Morgan fingerprint density at radius 2 is 1.13 bits per heavy atom. The van der Waals surface area contributed by atoms with Gasteiger partial charge >= 0.3 is 0 Å². The molecule has 4 aromatic carbocycles. The maximum Gasteiger partial charge on any atom is 0.236 e. The first-order valence-electron chi connectivity index (χ1n) is 15.6. The number of halogens is 3. The fourth-order valence-electron chi connectivity index (χ4n) is 4.76. The van der Waals surface area contributed by atoms with E-state index in [1.54, 1.807) is 92.6 Å². The molecule has 0 atom stereocenters. The van der Waals surface area contributed by atoms with Crippen LogP contribution in [0.3, 0.4) is 0 Å². The summed E-state index contributed by atoms with van der Waals surface area (Å²) in [6.07, 6.45) is 7.23. The molecule has 280 valence electrons. The molecule has 0 saturated heterocycles. The quantitative estimate of drug-likeness (QED) is 0.103. The van der Waals surface area contributed by atoms with Crippen molar-refractivity contribution in [2.24, 2.45) is 0 Å². The normalized spacial score (nSPS) is 11.1. The van der Waals surface area contributed by atoms with E-state index in [0.717, 1.165) is 28.5 Å². The van der Waals surface area contributed by atoms with Crippen molar-refractivity contribution in [1.82, 2.24) is 19.1 Å². The van der Waals surface area contributed by atoms with E-state index in [-0.39, 0.29) is 11.5 Å². The summed E-state index contributed by atoms with van der Waals surface area (Å²) in [5.41, 5.74) is 11.6. The molecule has 17 heteroatoms. The fourth-order valence-corrected chi connectivity index (χ4v) is 7.17. The van der Waals surface area contributed by atoms with E-state index in [4.69, 9.17) is 49.1 Å². The van der Waals surface area contributed by atoms with Crippen molar-refractivity contribution in [2.75, 3.05) is 24.7 Å². The molecule has 2 aromatic heterocycles. The summed E-state index contributed by atoms with van der Waals surface area (Å²) in [5, 5.41) is 1.14. The second-order valence-corrected chi connectivity index (χ2v) is 16.8. The minimum absolute atomic E-state index is 0.144. The van der Waals surface area contributed by atoms with Crippen LogP contribution in [-0.2, 0) is 30.6 Å². The van der Waals surface area contributed by atoms with Crippen LogP contribution in [0.15, 0.2) is 110 Å². The molecule has 3 N–H and O–H groups in total. The van der Waals surface area contributed by atoms with Gasteiger partial charge in [-0.2, -0.15) is 0 Å². The number of nitrogen functional groups attached to an aromatic ring is 1. The van der Waals surface area contributed by atoms with E-state index in [1.807, 2.05) is 47.5 Å². The molecule has 0 fully saturated rings. The summed E-state index contributed by atoms with van der Waals surface area (Å²) in [4.78, 5) is 8.36. The number of nitrogens with one attached hydrogen (secondary N) is 1. The molecule has 0 spiro atoms. The molecule has 2 heterocycles. The molecular weight excluding hydrogens is 783 g/mol. The standard InChI is InChI=1S/C18H18ClN3O3S.C11H13N3O.C7H6Cl2O2S/c1-13-10-22(12-20-13)17-8-7-16(9-18(17)25-2)21-26(23,24)11-14-3-5-15(19)6-4-14;1-8-6-14(7-13-8)10-4-3-9(12)5-11(10)15-2;8-7-3-1-6(2-4-7)5-12(9,10)11/h3-10,12,21H,11H2,1-2H3;3-7H,12H2,1-2H3;1-4H,5H2. The Balaban J connectivity index is 0.000000196. The number of ether oxygens (including phenoxy) is 2. The van der Waals surface area contributed by atoms with E-state index >= 15 is 0 Å². The van der Waals surface area contributed by atoms with E-state index in [2.05, 4.69) is 14.7 Å². The minimum Gasteiger partial charge on any atom is -0.494 e. The zero-order valence-corrected chi connectivity index (χ0v) is 33.0. The van der Waals surface area contributed by atoms with Gasteiger partial charge in [0.2, 0.25) is 19.1 Å². The second-order valence-electron chi connectivity index (χ2n) is 11.5. The zero-order valence-electron chi connectivity index (χ0n) is 29.1. The number of aromatic nitrogens is 4. The van der Waals surface area contributed by atoms with E-state index in [0.29, 0.717) is 38.3 Å². The molecule has 0 aliphatic carbocycles. The predicted octanol–water partition coefficient (Wildman–Crippen LogP) is 7.96. The zero-order chi connectivity index (χ0) is 38.8. The third-order valence-corrected chi connectivity index (χ3v) is 9.93. The molecule has 0 aliphatic heterocycles.